The van der Waals surface area contributed by atoms with Gasteiger partial charge >= 0.3 is 5.97 Å². The molecule has 0 spiro atoms. The molecule has 1 aromatic rings. The van der Waals surface area contributed by atoms with Gasteiger partial charge in [-0.2, -0.15) is 0 Å². The number of nitrogens with two attached hydrogens (primary N) is 1. The third kappa shape index (κ3) is 3.95. The molecule has 0 fully saturated rings. The Hall–Kier alpha value is -1.61. The third-order valence-corrected chi connectivity index (χ3v) is 1.89. The summed E-state index contributed by atoms with van der Waals surface area (Å²) in [6.07, 6.45) is 3.14. The Morgan fingerprint density at radius 3 is 3.00 bits per heavy atom. The van der Waals surface area contributed by atoms with Crippen LogP contribution in [0.5, 0.6) is 0 Å². The van der Waals surface area contributed by atoms with Crippen molar-refractivity contribution in [1.29, 1.82) is 0 Å². The standard InChI is InChI=1S/C12H15NO2/c1-2-15-12(14)7-6-10-4-3-5-11(8-10)9-13/h3-8H,2,9,13H2,1H3. The minimum absolute atomic E-state index is 0.323. The lowest BCUT2D eigenvalue weighted by molar-refractivity contribution is -0.137. The van der Waals surface area contributed by atoms with Gasteiger partial charge < -0.3 is 10.5 Å². The van der Waals surface area contributed by atoms with Crippen molar-refractivity contribution >= 4 is 12.0 Å². The smallest absolute Gasteiger partial charge is 0.330 e. The Labute approximate surface area is 89.5 Å². The number of ether oxygens (including phenoxy) is 1. The van der Waals surface area contributed by atoms with Crippen LogP contribution in [0.15, 0.2) is 30.3 Å². The third-order valence-electron chi connectivity index (χ3n) is 1.89. The highest BCUT2D eigenvalue weighted by atomic mass is 16.5. The molecule has 0 amide bonds. The van der Waals surface area contributed by atoms with Crippen molar-refractivity contribution < 1.29 is 9.53 Å². The summed E-state index contributed by atoms with van der Waals surface area (Å²) in [6, 6.07) is 7.71. The monoisotopic (exact) mass is 205 g/mol. The SMILES string of the molecule is CCOC(=O)C=Cc1cccc(CN)c1. The van der Waals surface area contributed by atoms with Gasteiger partial charge in [0.05, 0.1) is 6.61 Å². The van der Waals surface area contributed by atoms with Gasteiger partial charge in [-0.15, -0.1) is 0 Å². The predicted octanol–water partition coefficient (Wildman–Crippen LogP) is 1.72. The van der Waals surface area contributed by atoms with E-state index in [4.69, 9.17) is 10.5 Å². The Morgan fingerprint density at radius 2 is 2.33 bits per heavy atom. The fraction of sp³-hybridized carbons (Fsp3) is 0.250. The van der Waals surface area contributed by atoms with Crippen molar-refractivity contribution in [2.24, 2.45) is 5.73 Å². The van der Waals surface area contributed by atoms with Crippen molar-refractivity contribution in [3.63, 3.8) is 0 Å². The number of hydrogen-bond acceptors (Lipinski definition) is 3. The first kappa shape index (κ1) is 11.5. The van der Waals surface area contributed by atoms with Crippen LogP contribution in [0.3, 0.4) is 0 Å². The minimum Gasteiger partial charge on any atom is -0.463 e. The molecule has 0 saturated heterocycles. The highest BCUT2D eigenvalue weighted by Crippen LogP contribution is 2.06. The first-order chi connectivity index (χ1) is 7.26. The summed E-state index contributed by atoms with van der Waals surface area (Å²) in [4.78, 5) is 11.0. The van der Waals surface area contributed by atoms with E-state index in [9.17, 15) is 4.79 Å². The summed E-state index contributed by atoms with van der Waals surface area (Å²) in [7, 11) is 0. The highest BCUT2D eigenvalue weighted by Gasteiger charge is 1.94. The zero-order chi connectivity index (χ0) is 11.1. The molecular formula is C12H15NO2. The second kappa shape index (κ2) is 5.98. The maximum atomic E-state index is 11.0. The number of rotatable bonds is 4. The molecule has 0 saturated carbocycles. The number of benzene rings is 1. The summed E-state index contributed by atoms with van der Waals surface area (Å²) >= 11 is 0. The van der Waals surface area contributed by atoms with Gasteiger partial charge in [0, 0.05) is 12.6 Å². The molecule has 0 aliphatic carbocycles. The molecule has 0 heterocycles. The largest absolute Gasteiger partial charge is 0.463 e. The van der Waals surface area contributed by atoms with Gasteiger partial charge in [-0.3, -0.25) is 0 Å². The van der Waals surface area contributed by atoms with E-state index in [1.165, 1.54) is 6.08 Å². The molecule has 2 N–H and O–H groups in total. The molecular weight excluding hydrogens is 190 g/mol. The Balaban J connectivity index is 2.67. The molecule has 1 aromatic carbocycles. The van der Waals surface area contributed by atoms with Crippen molar-refractivity contribution in [2.75, 3.05) is 6.61 Å². The molecule has 0 aliphatic heterocycles. The molecule has 0 bridgehead atoms. The molecule has 1 rings (SSSR count). The maximum absolute atomic E-state index is 11.0. The summed E-state index contributed by atoms with van der Waals surface area (Å²) < 4.78 is 4.77. The van der Waals surface area contributed by atoms with E-state index in [1.807, 2.05) is 24.3 Å². The van der Waals surface area contributed by atoms with Gasteiger partial charge in [0.25, 0.3) is 0 Å². The van der Waals surface area contributed by atoms with Crippen molar-refractivity contribution in [3.8, 4) is 0 Å². The van der Waals surface area contributed by atoms with E-state index in [2.05, 4.69) is 0 Å². The lowest BCUT2D eigenvalue weighted by Gasteiger charge is -1.98. The molecule has 3 heteroatoms. The second-order valence-corrected chi connectivity index (χ2v) is 3.03. The van der Waals surface area contributed by atoms with Gasteiger partial charge in [-0.25, -0.2) is 4.79 Å². The van der Waals surface area contributed by atoms with Crippen LogP contribution in [0.25, 0.3) is 6.08 Å². The summed E-state index contributed by atoms with van der Waals surface area (Å²) in [6.45, 7) is 2.67. The fourth-order valence-corrected chi connectivity index (χ4v) is 1.18. The van der Waals surface area contributed by atoms with Gasteiger partial charge in [0.1, 0.15) is 0 Å². The van der Waals surface area contributed by atoms with Crippen LogP contribution in [0.2, 0.25) is 0 Å². The van der Waals surface area contributed by atoms with Crippen LogP contribution >= 0.6 is 0 Å². The number of carbonyl (C=O) groups excluding carboxylic acids is 1. The molecule has 3 nitrogen and oxygen atoms in total. The lowest BCUT2D eigenvalue weighted by atomic mass is 10.1. The van der Waals surface area contributed by atoms with Crippen LogP contribution in [-0.2, 0) is 16.1 Å². The van der Waals surface area contributed by atoms with Crippen LogP contribution in [-0.4, -0.2) is 12.6 Å². The Morgan fingerprint density at radius 1 is 1.53 bits per heavy atom. The van der Waals surface area contributed by atoms with E-state index in [-0.39, 0.29) is 5.97 Å². The summed E-state index contributed by atoms with van der Waals surface area (Å²) in [5, 5.41) is 0. The number of hydrogen-bond donors (Lipinski definition) is 1. The minimum atomic E-state index is -0.323. The van der Waals surface area contributed by atoms with E-state index < -0.39 is 0 Å². The molecule has 0 aromatic heterocycles. The van der Waals surface area contributed by atoms with Gasteiger partial charge in [-0.05, 0) is 24.1 Å². The average molecular weight is 205 g/mol. The maximum Gasteiger partial charge on any atom is 0.330 e. The Bertz CT molecular complexity index is 358. The van der Waals surface area contributed by atoms with Gasteiger partial charge in [0.2, 0.25) is 0 Å². The van der Waals surface area contributed by atoms with Crippen LogP contribution in [0, 0.1) is 0 Å². The Kier molecular flexibility index (Phi) is 4.57. The first-order valence-corrected chi connectivity index (χ1v) is 4.90. The normalized spacial score (nSPS) is 10.5. The number of esters is 1. The van der Waals surface area contributed by atoms with Gasteiger partial charge in [0.15, 0.2) is 0 Å². The highest BCUT2D eigenvalue weighted by molar-refractivity contribution is 5.87. The lowest BCUT2D eigenvalue weighted by Crippen LogP contribution is -1.99. The second-order valence-electron chi connectivity index (χ2n) is 3.03. The fourth-order valence-electron chi connectivity index (χ4n) is 1.18. The van der Waals surface area contributed by atoms with Crippen LogP contribution in [0.4, 0.5) is 0 Å². The van der Waals surface area contributed by atoms with E-state index in [0.717, 1.165) is 11.1 Å². The van der Waals surface area contributed by atoms with Crippen molar-refractivity contribution in [2.45, 2.75) is 13.5 Å². The topological polar surface area (TPSA) is 52.3 Å². The van der Waals surface area contributed by atoms with Gasteiger partial charge in [-0.1, -0.05) is 24.3 Å². The number of carbonyl (C=O) groups is 1. The van der Waals surface area contributed by atoms with Crippen molar-refractivity contribution in [1.82, 2.24) is 0 Å². The molecule has 0 aliphatic rings. The summed E-state index contributed by atoms with van der Waals surface area (Å²) in [5.74, 6) is -0.323. The molecule has 15 heavy (non-hydrogen) atoms. The predicted molar refractivity (Wildman–Crippen MR) is 60.0 cm³/mol. The van der Waals surface area contributed by atoms with E-state index in [1.54, 1.807) is 13.0 Å². The first-order valence-electron chi connectivity index (χ1n) is 4.90. The molecule has 80 valence electrons. The zero-order valence-corrected chi connectivity index (χ0v) is 8.77. The molecule has 0 radical (unpaired) electrons. The molecule has 0 unspecified atom stereocenters. The summed E-state index contributed by atoms with van der Waals surface area (Å²) in [5.41, 5.74) is 7.50. The van der Waals surface area contributed by atoms with Crippen LogP contribution in [0.1, 0.15) is 18.1 Å². The van der Waals surface area contributed by atoms with Crippen molar-refractivity contribution in [3.05, 3.63) is 41.5 Å². The van der Waals surface area contributed by atoms with E-state index in [0.29, 0.717) is 13.2 Å². The molecule has 0 atom stereocenters. The average Bonchev–Trinajstić information content (AvgIpc) is 2.27. The van der Waals surface area contributed by atoms with Crippen LogP contribution < -0.4 is 5.73 Å². The zero-order valence-electron chi connectivity index (χ0n) is 8.77. The quantitative estimate of drug-likeness (QED) is 0.601. The van der Waals surface area contributed by atoms with E-state index >= 15 is 0 Å².